The number of carbonyl (C=O) groups excluding carboxylic acids is 1. The molecule has 0 bridgehead atoms. The molecule has 128 valence electrons. The number of halogens is 1. The van der Waals surface area contributed by atoms with Crippen LogP contribution in [0.5, 0.6) is 0 Å². The molecule has 1 aromatic carbocycles. The number of rotatable bonds is 3. The first-order valence-electron chi connectivity index (χ1n) is 7.33. The van der Waals surface area contributed by atoms with Crippen molar-refractivity contribution < 1.29 is 19.4 Å². The molecule has 0 saturated carbocycles. The van der Waals surface area contributed by atoms with Crippen LogP contribution in [0.25, 0.3) is 0 Å². The van der Waals surface area contributed by atoms with Crippen LogP contribution >= 0.6 is 11.6 Å². The monoisotopic (exact) mass is 341 g/mol. The molecule has 6 heteroatoms. The molecule has 23 heavy (non-hydrogen) atoms. The third-order valence-electron chi connectivity index (χ3n) is 3.09. The normalized spacial score (nSPS) is 13.3. The first-order chi connectivity index (χ1) is 10.3. The molecular weight excluding hydrogens is 318 g/mol. The van der Waals surface area contributed by atoms with Gasteiger partial charge in [0.15, 0.2) is 6.04 Å². The number of amides is 1. The Balaban J connectivity index is 3.08. The molecule has 0 saturated heterocycles. The predicted molar refractivity (Wildman–Crippen MR) is 89.9 cm³/mol. The van der Waals surface area contributed by atoms with E-state index in [-0.39, 0.29) is 5.41 Å². The third-order valence-corrected chi connectivity index (χ3v) is 3.41. The number of hydrogen-bond acceptors (Lipinski definition) is 3. The van der Waals surface area contributed by atoms with Crippen LogP contribution < -0.4 is 5.32 Å². The van der Waals surface area contributed by atoms with Crippen molar-refractivity contribution in [1.29, 1.82) is 0 Å². The minimum atomic E-state index is -1.27. The highest BCUT2D eigenvalue weighted by Crippen LogP contribution is 2.30. The van der Waals surface area contributed by atoms with Gasteiger partial charge < -0.3 is 15.2 Å². The van der Waals surface area contributed by atoms with E-state index in [1.54, 1.807) is 32.9 Å². The van der Waals surface area contributed by atoms with Crippen molar-refractivity contribution in [1.82, 2.24) is 5.32 Å². The van der Waals surface area contributed by atoms with Crippen LogP contribution in [0.15, 0.2) is 18.2 Å². The van der Waals surface area contributed by atoms with Crippen molar-refractivity contribution in [2.45, 2.75) is 58.6 Å². The van der Waals surface area contributed by atoms with E-state index in [1.807, 2.05) is 26.8 Å². The Morgan fingerprint density at radius 2 is 1.74 bits per heavy atom. The van der Waals surface area contributed by atoms with Gasteiger partial charge in [0.05, 0.1) is 0 Å². The lowest BCUT2D eigenvalue weighted by Gasteiger charge is -2.24. The Morgan fingerprint density at radius 3 is 2.13 bits per heavy atom. The maximum atomic E-state index is 11.8. The lowest BCUT2D eigenvalue weighted by atomic mass is 9.86. The number of aliphatic carboxylic acids is 1. The Kier molecular flexibility index (Phi) is 5.69. The molecule has 0 aromatic heterocycles. The van der Waals surface area contributed by atoms with E-state index < -0.39 is 23.7 Å². The third kappa shape index (κ3) is 5.75. The molecule has 0 aliphatic rings. The van der Waals surface area contributed by atoms with Crippen LogP contribution in [0, 0.1) is 0 Å². The quantitative estimate of drug-likeness (QED) is 0.860. The molecule has 1 amide bonds. The summed E-state index contributed by atoms with van der Waals surface area (Å²) < 4.78 is 5.10. The SMILES string of the molecule is CC(C)(C)OC(=O)NC(C(=O)O)c1ccc(C(C)(C)C)cc1Cl. The maximum absolute atomic E-state index is 11.8. The fourth-order valence-electron chi connectivity index (χ4n) is 1.93. The van der Waals surface area contributed by atoms with E-state index in [0.717, 1.165) is 5.56 Å². The van der Waals surface area contributed by atoms with Crippen LogP contribution in [0.3, 0.4) is 0 Å². The van der Waals surface area contributed by atoms with Crippen molar-refractivity contribution in [3.8, 4) is 0 Å². The lowest BCUT2D eigenvalue weighted by molar-refractivity contribution is -0.139. The maximum Gasteiger partial charge on any atom is 0.408 e. The molecule has 2 N–H and O–H groups in total. The summed E-state index contributed by atoms with van der Waals surface area (Å²) in [4.78, 5) is 23.4. The highest BCUT2D eigenvalue weighted by atomic mass is 35.5. The van der Waals surface area contributed by atoms with Gasteiger partial charge in [-0.3, -0.25) is 0 Å². The molecule has 0 aliphatic heterocycles. The minimum absolute atomic E-state index is 0.112. The topological polar surface area (TPSA) is 75.6 Å². The van der Waals surface area contributed by atoms with E-state index in [9.17, 15) is 14.7 Å². The van der Waals surface area contributed by atoms with Gasteiger partial charge in [0.2, 0.25) is 0 Å². The molecule has 0 fully saturated rings. The van der Waals surface area contributed by atoms with Crippen LogP contribution in [0.4, 0.5) is 4.79 Å². The standard InChI is InChI=1S/C17H24ClNO4/c1-16(2,3)10-7-8-11(12(18)9-10)13(14(20)21)19-15(22)23-17(4,5)6/h7-9,13H,1-6H3,(H,19,22)(H,20,21). The van der Waals surface area contributed by atoms with Gasteiger partial charge in [0.25, 0.3) is 0 Å². The van der Waals surface area contributed by atoms with Gasteiger partial charge in [-0.05, 0) is 37.8 Å². The van der Waals surface area contributed by atoms with Gasteiger partial charge in [0, 0.05) is 10.6 Å². The number of benzene rings is 1. The Labute approximate surface area is 142 Å². The van der Waals surface area contributed by atoms with Crippen molar-refractivity contribution in [3.63, 3.8) is 0 Å². The highest BCUT2D eigenvalue weighted by molar-refractivity contribution is 6.31. The highest BCUT2D eigenvalue weighted by Gasteiger charge is 2.28. The van der Waals surface area contributed by atoms with Crippen molar-refractivity contribution in [2.75, 3.05) is 0 Å². The number of alkyl carbamates (subject to hydrolysis) is 1. The summed E-state index contributed by atoms with van der Waals surface area (Å²) in [5, 5.41) is 12.0. The zero-order valence-electron chi connectivity index (χ0n) is 14.4. The fourth-order valence-corrected chi connectivity index (χ4v) is 2.22. The molecule has 0 heterocycles. The van der Waals surface area contributed by atoms with E-state index >= 15 is 0 Å². The van der Waals surface area contributed by atoms with E-state index in [0.29, 0.717) is 10.6 Å². The number of ether oxygens (including phenoxy) is 1. The smallest absolute Gasteiger partial charge is 0.408 e. The summed E-state index contributed by atoms with van der Waals surface area (Å²) in [7, 11) is 0. The number of carboxylic acids is 1. The zero-order valence-corrected chi connectivity index (χ0v) is 15.1. The molecule has 0 spiro atoms. The molecule has 1 aromatic rings. The minimum Gasteiger partial charge on any atom is -0.479 e. The Bertz CT molecular complexity index is 600. The molecule has 1 unspecified atom stereocenters. The first kappa shape index (κ1) is 19.3. The van der Waals surface area contributed by atoms with Gasteiger partial charge >= 0.3 is 12.1 Å². The van der Waals surface area contributed by atoms with Crippen molar-refractivity contribution in [3.05, 3.63) is 34.3 Å². The van der Waals surface area contributed by atoms with Crippen LogP contribution in [0.1, 0.15) is 58.7 Å². The fraction of sp³-hybridized carbons (Fsp3) is 0.529. The molecule has 0 aliphatic carbocycles. The average molecular weight is 342 g/mol. The zero-order chi connectivity index (χ0) is 18.0. The summed E-state index contributed by atoms with van der Waals surface area (Å²) in [6.45, 7) is 11.2. The average Bonchev–Trinajstić information content (AvgIpc) is 2.32. The second-order valence-electron chi connectivity index (χ2n) is 7.40. The largest absolute Gasteiger partial charge is 0.479 e. The number of carboxylic acid groups (broad SMARTS) is 1. The van der Waals surface area contributed by atoms with Crippen LogP contribution in [-0.4, -0.2) is 22.8 Å². The van der Waals surface area contributed by atoms with Crippen LogP contribution in [0.2, 0.25) is 5.02 Å². The van der Waals surface area contributed by atoms with Gasteiger partial charge in [0.1, 0.15) is 5.60 Å². The van der Waals surface area contributed by atoms with E-state index in [1.165, 1.54) is 0 Å². The van der Waals surface area contributed by atoms with E-state index in [2.05, 4.69) is 5.32 Å². The van der Waals surface area contributed by atoms with Gasteiger partial charge in [-0.15, -0.1) is 0 Å². The molecule has 5 nitrogen and oxygen atoms in total. The van der Waals surface area contributed by atoms with Gasteiger partial charge in [-0.25, -0.2) is 9.59 Å². The summed E-state index contributed by atoms with van der Waals surface area (Å²) in [6.07, 6.45) is -0.805. The molecular formula is C17H24ClNO4. The summed E-state index contributed by atoms with van der Waals surface area (Å²) in [5.74, 6) is -1.21. The number of carbonyl (C=O) groups is 2. The first-order valence-corrected chi connectivity index (χ1v) is 7.71. The predicted octanol–water partition coefficient (Wildman–Crippen LogP) is 4.29. The Hall–Kier alpha value is -1.75. The van der Waals surface area contributed by atoms with E-state index in [4.69, 9.17) is 16.3 Å². The Morgan fingerprint density at radius 1 is 1.17 bits per heavy atom. The second kappa shape index (κ2) is 6.79. The second-order valence-corrected chi connectivity index (χ2v) is 7.81. The summed E-state index contributed by atoms with van der Waals surface area (Å²) >= 11 is 6.24. The van der Waals surface area contributed by atoms with Gasteiger partial charge in [-0.1, -0.05) is 44.5 Å². The van der Waals surface area contributed by atoms with Crippen LogP contribution in [-0.2, 0) is 14.9 Å². The van der Waals surface area contributed by atoms with Gasteiger partial charge in [-0.2, -0.15) is 0 Å². The van der Waals surface area contributed by atoms with Crippen molar-refractivity contribution >= 4 is 23.7 Å². The molecule has 1 rings (SSSR count). The number of hydrogen-bond donors (Lipinski definition) is 2. The summed E-state index contributed by atoms with van der Waals surface area (Å²) in [6, 6.07) is 3.89. The lowest BCUT2D eigenvalue weighted by Crippen LogP contribution is -2.38. The van der Waals surface area contributed by atoms with Crippen molar-refractivity contribution in [2.24, 2.45) is 0 Å². The molecule has 0 radical (unpaired) electrons. The summed E-state index contributed by atoms with van der Waals surface area (Å²) in [5.41, 5.74) is 0.470. The molecule has 1 atom stereocenters. The number of nitrogens with one attached hydrogen (secondary N) is 1.